The monoisotopic (exact) mass is 408 g/mol. The Morgan fingerprint density at radius 2 is 1.80 bits per heavy atom. The van der Waals surface area contributed by atoms with Crippen molar-refractivity contribution >= 4 is 29.4 Å². The van der Waals surface area contributed by atoms with Crippen molar-refractivity contribution in [2.24, 2.45) is 0 Å². The second kappa shape index (κ2) is 10.9. The lowest BCUT2D eigenvalue weighted by molar-refractivity contribution is 0.143. The summed E-state index contributed by atoms with van der Waals surface area (Å²) >= 11 is 0. The summed E-state index contributed by atoms with van der Waals surface area (Å²) in [7, 11) is 2.68. The van der Waals surface area contributed by atoms with E-state index < -0.39 is 7.82 Å². The fourth-order valence-electron chi connectivity index (χ4n) is 2.13. The molecule has 1 rings (SSSR count). The molecule has 0 radical (unpaired) electrons. The topological polar surface area (TPSA) is 54.0 Å². The summed E-state index contributed by atoms with van der Waals surface area (Å²) in [5, 5.41) is 0.565. The van der Waals surface area contributed by atoms with Crippen LogP contribution in [0.25, 0.3) is 0 Å². The van der Waals surface area contributed by atoms with Gasteiger partial charge in [-0.2, -0.15) is 0 Å². The number of phosphoric ester groups is 1. The molecule has 0 N–H and O–H groups in total. The van der Waals surface area contributed by atoms with E-state index in [4.69, 9.17) is 18.3 Å². The van der Waals surface area contributed by atoms with Crippen LogP contribution in [0, 0.1) is 0 Å². The van der Waals surface area contributed by atoms with Crippen molar-refractivity contribution in [3.63, 3.8) is 0 Å². The lowest BCUT2D eigenvalue weighted by atomic mass is 9.81. The van der Waals surface area contributed by atoms with Crippen LogP contribution in [-0.2, 0) is 23.6 Å². The minimum atomic E-state index is -3.44. The summed E-state index contributed by atoms with van der Waals surface area (Å²) in [6.45, 7) is 8.80. The molecule has 0 unspecified atom stereocenters. The molecule has 0 fully saturated rings. The van der Waals surface area contributed by atoms with Crippen LogP contribution in [0.4, 0.5) is 0 Å². The summed E-state index contributed by atoms with van der Waals surface area (Å²) in [6, 6.07) is 8.00. The van der Waals surface area contributed by atoms with Crippen molar-refractivity contribution in [2.75, 3.05) is 26.8 Å². The van der Waals surface area contributed by atoms with Gasteiger partial charge in [0.05, 0.1) is 6.61 Å². The third-order valence-corrected chi connectivity index (χ3v) is 7.54. The largest absolute Gasteiger partial charge is 0.482 e. The third kappa shape index (κ3) is 7.94. The van der Waals surface area contributed by atoms with Gasteiger partial charge in [-0.05, 0) is 23.5 Å². The Morgan fingerprint density at radius 3 is 2.40 bits per heavy atom. The van der Waals surface area contributed by atoms with Gasteiger partial charge in [0.25, 0.3) is 0 Å². The number of para-hydroxylation sites is 1. The Labute approximate surface area is 159 Å². The van der Waals surface area contributed by atoms with Crippen molar-refractivity contribution < 1.29 is 22.9 Å². The van der Waals surface area contributed by atoms with Gasteiger partial charge in [-0.3, -0.25) is 13.6 Å². The second-order valence-electron chi connectivity index (χ2n) is 6.30. The maximum atomic E-state index is 12.0. The van der Waals surface area contributed by atoms with Crippen molar-refractivity contribution in [2.45, 2.75) is 44.8 Å². The van der Waals surface area contributed by atoms with Gasteiger partial charge in [-0.1, -0.05) is 67.5 Å². The second-order valence-corrected chi connectivity index (χ2v) is 11.1. The normalized spacial score (nSPS) is 12.6. The molecule has 0 heterocycles. The van der Waals surface area contributed by atoms with E-state index in [9.17, 15) is 4.57 Å². The van der Waals surface area contributed by atoms with Crippen LogP contribution in [0.1, 0.15) is 39.7 Å². The molecule has 0 aliphatic carbocycles. The first-order chi connectivity index (χ1) is 11.7. The average molecular weight is 409 g/mol. The summed E-state index contributed by atoms with van der Waals surface area (Å²) in [5.41, 5.74) is 0.886. The average Bonchev–Trinajstić information content (AvgIpc) is 2.58. The first-order valence-corrected chi connectivity index (χ1v) is 11.9. The minimum Gasteiger partial charge on any atom is -0.482 e. The molecule has 25 heavy (non-hydrogen) atoms. The summed E-state index contributed by atoms with van der Waals surface area (Å²) in [6.07, 6.45) is 0.651. The molecule has 0 aliphatic rings. The Balaban J connectivity index is 2.69. The third-order valence-electron chi connectivity index (χ3n) is 3.56. The van der Waals surface area contributed by atoms with Gasteiger partial charge >= 0.3 is 7.82 Å². The first kappa shape index (κ1) is 22.9. The number of ether oxygens (including phenoxy) is 1. The number of hydrogen-bond acceptors (Lipinski definition) is 7. The molecule has 0 aromatic heterocycles. The lowest BCUT2D eigenvalue weighted by Crippen LogP contribution is -2.21. The van der Waals surface area contributed by atoms with E-state index in [2.05, 4.69) is 33.8 Å². The zero-order valence-corrected chi connectivity index (χ0v) is 18.3. The van der Waals surface area contributed by atoms with Gasteiger partial charge in [0.1, 0.15) is 11.7 Å². The fraction of sp³-hybridized carbons (Fsp3) is 0.647. The molecule has 0 atom stereocenters. The maximum absolute atomic E-state index is 12.0. The van der Waals surface area contributed by atoms with Crippen LogP contribution < -0.4 is 4.74 Å². The smallest absolute Gasteiger partial charge is 0.474 e. The molecule has 1 aromatic carbocycles. The Morgan fingerprint density at radius 1 is 1.16 bits per heavy atom. The van der Waals surface area contributed by atoms with Gasteiger partial charge < -0.3 is 4.74 Å². The number of hydrogen-bond donors (Lipinski definition) is 0. The summed E-state index contributed by atoms with van der Waals surface area (Å²) in [5.74, 6) is 1.46. The molecule has 0 saturated heterocycles. The molecule has 144 valence electrons. The van der Waals surface area contributed by atoms with E-state index in [0.29, 0.717) is 17.6 Å². The quantitative estimate of drug-likeness (QED) is 0.185. The van der Waals surface area contributed by atoms with E-state index >= 15 is 0 Å². The zero-order chi connectivity index (χ0) is 18.9. The predicted octanol–water partition coefficient (Wildman–Crippen LogP) is 5.90. The maximum Gasteiger partial charge on any atom is 0.474 e. The summed E-state index contributed by atoms with van der Waals surface area (Å²) < 4.78 is 32.8. The predicted molar refractivity (Wildman–Crippen MR) is 107 cm³/mol. The highest BCUT2D eigenvalue weighted by Crippen LogP contribution is 2.48. The van der Waals surface area contributed by atoms with Gasteiger partial charge in [-0.25, -0.2) is 4.57 Å². The Kier molecular flexibility index (Phi) is 9.93. The SMILES string of the molecule is COP(=O)(OC)OCCC(C)(C)c1ccccc1OCSSC(C)C. The molecule has 0 spiro atoms. The fourth-order valence-corrected chi connectivity index (χ4v) is 4.44. The van der Waals surface area contributed by atoms with Crippen molar-refractivity contribution in [3.8, 4) is 5.75 Å². The highest BCUT2D eigenvalue weighted by Gasteiger charge is 2.28. The minimum absolute atomic E-state index is 0.210. The van der Waals surface area contributed by atoms with Crippen molar-refractivity contribution in [1.82, 2.24) is 0 Å². The Hall–Kier alpha value is -0.170. The highest BCUT2D eigenvalue weighted by atomic mass is 33.1. The lowest BCUT2D eigenvalue weighted by Gasteiger charge is -2.28. The zero-order valence-electron chi connectivity index (χ0n) is 15.8. The van der Waals surface area contributed by atoms with E-state index in [1.165, 1.54) is 14.2 Å². The molecular formula is C17H29O5PS2. The first-order valence-electron chi connectivity index (χ1n) is 8.10. The molecule has 0 saturated carbocycles. The van der Waals surface area contributed by atoms with Gasteiger partial charge in [0.2, 0.25) is 0 Å². The summed E-state index contributed by atoms with van der Waals surface area (Å²) in [4.78, 5) is 0. The highest BCUT2D eigenvalue weighted by molar-refractivity contribution is 8.76. The van der Waals surface area contributed by atoms with E-state index in [-0.39, 0.29) is 12.0 Å². The van der Waals surface area contributed by atoms with Gasteiger partial charge in [0.15, 0.2) is 0 Å². The molecular weight excluding hydrogens is 379 g/mol. The molecule has 5 nitrogen and oxygen atoms in total. The molecule has 0 bridgehead atoms. The number of phosphoric acid groups is 1. The van der Waals surface area contributed by atoms with Gasteiger partial charge in [-0.15, -0.1) is 0 Å². The molecule has 0 amide bonds. The molecule has 1 aromatic rings. The van der Waals surface area contributed by atoms with Crippen LogP contribution in [0.3, 0.4) is 0 Å². The number of benzene rings is 1. The molecule has 8 heteroatoms. The van der Waals surface area contributed by atoms with E-state index in [1.54, 1.807) is 21.6 Å². The van der Waals surface area contributed by atoms with Crippen LogP contribution in [-0.4, -0.2) is 32.0 Å². The van der Waals surface area contributed by atoms with E-state index in [0.717, 1.165) is 11.3 Å². The van der Waals surface area contributed by atoms with Crippen molar-refractivity contribution in [3.05, 3.63) is 29.8 Å². The van der Waals surface area contributed by atoms with Crippen LogP contribution in [0.15, 0.2) is 24.3 Å². The van der Waals surface area contributed by atoms with Crippen LogP contribution >= 0.6 is 29.4 Å². The van der Waals surface area contributed by atoms with E-state index in [1.807, 2.05) is 18.2 Å². The standard InChI is InChI=1S/C17H29O5PS2/c1-14(2)25-24-13-21-16-10-8-7-9-15(16)17(3,4)11-12-22-23(18,19-5)20-6/h7-10,14H,11-13H2,1-6H3. The molecule has 0 aliphatic heterocycles. The van der Waals surface area contributed by atoms with Crippen molar-refractivity contribution in [1.29, 1.82) is 0 Å². The van der Waals surface area contributed by atoms with Gasteiger partial charge in [0, 0.05) is 19.5 Å². The Bertz CT molecular complexity index is 558. The van der Waals surface area contributed by atoms with Crippen LogP contribution in [0.5, 0.6) is 5.75 Å². The van der Waals surface area contributed by atoms with Crippen LogP contribution in [0.2, 0.25) is 0 Å². The number of rotatable bonds is 12.